The fourth-order valence-corrected chi connectivity index (χ4v) is 3.56. The van der Waals surface area contributed by atoms with E-state index in [9.17, 15) is 4.79 Å². The first-order valence-corrected chi connectivity index (χ1v) is 9.12. The van der Waals surface area contributed by atoms with Crippen LogP contribution in [0.3, 0.4) is 0 Å². The number of rotatable bonds is 4. The standard InChI is InChI=1S/C18H15Cl2N3OS/c1-11-16(25-17(22-11)12-5-3-2-4-6-12)10-21-18(24)23-15-9-13(19)7-8-14(15)20/h2-9H,10H2,1H3,(H2,21,23,24). The normalized spacial score (nSPS) is 10.5. The number of hydrogen-bond acceptors (Lipinski definition) is 3. The highest BCUT2D eigenvalue weighted by Gasteiger charge is 2.11. The molecule has 2 N–H and O–H groups in total. The Morgan fingerprint density at radius 3 is 2.68 bits per heavy atom. The number of hydrogen-bond donors (Lipinski definition) is 2. The van der Waals surface area contributed by atoms with Gasteiger partial charge in [-0.05, 0) is 25.1 Å². The van der Waals surface area contributed by atoms with Crippen LogP contribution < -0.4 is 10.6 Å². The molecule has 0 aliphatic heterocycles. The Morgan fingerprint density at radius 2 is 1.92 bits per heavy atom. The summed E-state index contributed by atoms with van der Waals surface area (Å²) in [4.78, 5) is 17.7. The molecule has 0 spiro atoms. The number of carbonyl (C=O) groups excluding carboxylic acids is 1. The van der Waals surface area contributed by atoms with Gasteiger partial charge in [-0.15, -0.1) is 11.3 Å². The summed E-state index contributed by atoms with van der Waals surface area (Å²) in [6.45, 7) is 2.33. The van der Waals surface area contributed by atoms with Crippen molar-refractivity contribution >= 4 is 46.3 Å². The smallest absolute Gasteiger partial charge is 0.319 e. The van der Waals surface area contributed by atoms with E-state index in [1.54, 1.807) is 29.5 Å². The predicted molar refractivity (Wildman–Crippen MR) is 105 cm³/mol. The highest BCUT2D eigenvalue weighted by Crippen LogP contribution is 2.28. The fraction of sp³-hybridized carbons (Fsp3) is 0.111. The van der Waals surface area contributed by atoms with Gasteiger partial charge in [-0.1, -0.05) is 53.5 Å². The van der Waals surface area contributed by atoms with Gasteiger partial charge in [0.25, 0.3) is 0 Å². The maximum atomic E-state index is 12.1. The average Bonchev–Trinajstić information content (AvgIpc) is 2.98. The van der Waals surface area contributed by atoms with Crippen LogP contribution in [0.2, 0.25) is 10.0 Å². The van der Waals surface area contributed by atoms with Crippen molar-refractivity contribution in [3.05, 3.63) is 69.1 Å². The molecule has 0 unspecified atom stereocenters. The van der Waals surface area contributed by atoms with E-state index >= 15 is 0 Å². The zero-order valence-electron chi connectivity index (χ0n) is 13.3. The van der Waals surface area contributed by atoms with Crippen LogP contribution in [-0.2, 0) is 6.54 Å². The number of thiazole rings is 1. The van der Waals surface area contributed by atoms with Crippen LogP contribution in [0.5, 0.6) is 0 Å². The second-order valence-electron chi connectivity index (χ2n) is 5.33. The van der Waals surface area contributed by atoms with Crippen molar-refractivity contribution in [3.8, 4) is 10.6 Å². The highest BCUT2D eigenvalue weighted by atomic mass is 35.5. The van der Waals surface area contributed by atoms with Gasteiger partial charge < -0.3 is 10.6 Å². The maximum absolute atomic E-state index is 12.1. The van der Waals surface area contributed by atoms with Gasteiger partial charge >= 0.3 is 6.03 Å². The summed E-state index contributed by atoms with van der Waals surface area (Å²) in [6, 6.07) is 14.5. The lowest BCUT2D eigenvalue weighted by Crippen LogP contribution is -2.28. The van der Waals surface area contributed by atoms with Crippen LogP contribution in [0.4, 0.5) is 10.5 Å². The van der Waals surface area contributed by atoms with Crippen molar-refractivity contribution in [3.63, 3.8) is 0 Å². The summed E-state index contributed by atoms with van der Waals surface area (Å²) in [5.74, 6) is 0. The molecule has 1 heterocycles. The number of nitrogens with zero attached hydrogens (tertiary/aromatic N) is 1. The van der Waals surface area contributed by atoms with Crippen molar-refractivity contribution in [1.29, 1.82) is 0 Å². The largest absolute Gasteiger partial charge is 0.333 e. The Balaban J connectivity index is 1.64. The molecule has 25 heavy (non-hydrogen) atoms. The predicted octanol–water partition coefficient (Wildman–Crippen LogP) is 5.75. The number of aromatic nitrogens is 1. The lowest BCUT2D eigenvalue weighted by atomic mass is 10.2. The monoisotopic (exact) mass is 391 g/mol. The minimum Gasteiger partial charge on any atom is -0.333 e. The molecule has 0 radical (unpaired) electrons. The zero-order valence-corrected chi connectivity index (χ0v) is 15.7. The maximum Gasteiger partial charge on any atom is 0.319 e. The van der Waals surface area contributed by atoms with Gasteiger partial charge in [0.2, 0.25) is 0 Å². The molecule has 0 bridgehead atoms. The van der Waals surface area contributed by atoms with Crippen molar-refractivity contribution in [2.24, 2.45) is 0 Å². The number of anilines is 1. The van der Waals surface area contributed by atoms with Gasteiger partial charge in [0.15, 0.2) is 0 Å². The molecule has 0 atom stereocenters. The van der Waals surface area contributed by atoms with E-state index in [1.165, 1.54) is 0 Å². The summed E-state index contributed by atoms with van der Waals surface area (Å²) in [5.41, 5.74) is 2.44. The highest BCUT2D eigenvalue weighted by molar-refractivity contribution is 7.15. The van der Waals surface area contributed by atoms with Crippen molar-refractivity contribution in [2.45, 2.75) is 13.5 Å². The van der Waals surface area contributed by atoms with Gasteiger partial charge in [0.1, 0.15) is 5.01 Å². The summed E-state index contributed by atoms with van der Waals surface area (Å²) in [7, 11) is 0. The number of benzene rings is 2. The third-order valence-corrected chi connectivity index (χ3v) is 5.27. The van der Waals surface area contributed by atoms with E-state index < -0.39 is 0 Å². The van der Waals surface area contributed by atoms with Crippen LogP contribution in [0, 0.1) is 6.92 Å². The van der Waals surface area contributed by atoms with E-state index in [0.717, 1.165) is 21.1 Å². The second-order valence-corrected chi connectivity index (χ2v) is 7.25. The van der Waals surface area contributed by atoms with Gasteiger partial charge in [-0.2, -0.15) is 0 Å². The van der Waals surface area contributed by atoms with E-state index in [4.69, 9.17) is 23.2 Å². The first-order valence-electron chi connectivity index (χ1n) is 7.54. The number of amides is 2. The second kappa shape index (κ2) is 7.87. The van der Waals surface area contributed by atoms with Crippen molar-refractivity contribution < 1.29 is 4.79 Å². The Labute approximate surface area is 159 Å². The summed E-state index contributed by atoms with van der Waals surface area (Å²) >= 11 is 13.5. The molecule has 3 rings (SSSR count). The molecule has 0 fully saturated rings. The summed E-state index contributed by atoms with van der Waals surface area (Å²) in [5, 5.41) is 7.39. The average molecular weight is 392 g/mol. The molecule has 2 aromatic carbocycles. The molecule has 1 aromatic heterocycles. The van der Waals surface area contributed by atoms with Crippen LogP contribution in [0.1, 0.15) is 10.6 Å². The summed E-state index contributed by atoms with van der Waals surface area (Å²) in [6.07, 6.45) is 0. The van der Waals surface area contributed by atoms with E-state index in [1.807, 2.05) is 37.3 Å². The zero-order chi connectivity index (χ0) is 17.8. The quantitative estimate of drug-likeness (QED) is 0.594. The molecule has 0 saturated carbocycles. The first-order chi connectivity index (χ1) is 12.0. The third-order valence-electron chi connectivity index (χ3n) is 3.50. The Kier molecular flexibility index (Phi) is 5.58. The van der Waals surface area contributed by atoms with Crippen LogP contribution >= 0.6 is 34.5 Å². The van der Waals surface area contributed by atoms with E-state index in [-0.39, 0.29) is 6.03 Å². The number of nitrogens with one attached hydrogen (secondary N) is 2. The molecule has 4 nitrogen and oxygen atoms in total. The molecule has 3 aromatic rings. The molecule has 0 aliphatic carbocycles. The van der Waals surface area contributed by atoms with Crippen molar-refractivity contribution in [2.75, 3.05) is 5.32 Å². The minimum absolute atomic E-state index is 0.349. The molecule has 0 aliphatic rings. The fourth-order valence-electron chi connectivity index (χ4n) is 2.22. The SMILES string of the molecule is Cc1nc(-c2ccccc2)sc1CNC(=O)Nc1cc(Cl)ccc1Cl. The van der Waals surface area contributed by atoms with Gasteiger partial charge in [0, 0.05) is 15.5 Å². The van der Waals surface area contributed by atoms with Crippen molar-refractivity contribution in [1.82, 2.24) is 10.3 Å². The van der Waals surface area contributed by atoms with Gasteiger partial charge in [-0.25, -0.2) is 9.78 Å². The number of aryl methyl sites for hydroxylation is 1. The Bertz CT molecular complexity index is 897. The Morgan fingerprint density at radius 1 is 1.16 bits per heavy atom. The molecule has 128 valence electrons. The lowest BCUT2D eigenvalue weighted by Gasteiger charge is -2.09. The number of urea groups is 1. The van der Waals surface area contributed by atoms with E-state index in [2.05, 4.69) is 15.6 Å². The molecule has 2 amide bonds. The number of carbonyl (C=O) groups is 1. The van der Waals surface area contributed by atoms with Crippen LogP contribution in [0.25, 0.3) is 10.6 Å². The molecular formula is C18H15Cl2N3OS. The molecular weight excluding hydrogens is 377 g/mol. The third kappa shape index (κ3) is 4.51. The van der Waals surface area contributed by atoms with Gasteiger partial charge in [0.05, 0.1) is 22.9 Å². The van der Waals surface area contributed by atoms with Crippen LogP contribution in [0.15, 0.2) is 48.5 Å². The molecule has 7 heteroatoms. The van der Waals surface area contributed by atoms with E-state index in [0.29, 0.717) is 22.3 Å². The topological polar surface area (TPSA) is 54.0 Å². The molecule has 0 saturated heterocycles. The van der Waals surface area contributed by atoms with Crippen LogP contribution in [-0.4, -0.2) is 11.0 Å². The number of halogens is 2. The minimum atomic E-state index is -0.349. The first kappa shape index (κ1) is 17.7. The Hall–Kier alpha value is -2.08. The summed E-state index contributed by atoms with van der Waals surface area (Å²) < 4.78 is 0. The lowest BCUT2D eigenvalue weighted by molar-refractivity contribution is 0.252. The van der Waals surface area contributed by atoms with Gasteiger partial charge in [-0.3, -0.25) is 0 Å².